The summed E-state index contributed by atoms with van der Waals surface area (Å²) >= 11 is 5.96. The van der Waals surface area contributed by atoms with Gasteiger partial charge in [-0.3, -0.25) is 4.79 Å². The van der Waals surface area contributed by atoms with Crippen LogP contribution in [0.15, 0.2) is 48.7 Å². The van der Waals surface area contributed by atoms with Crippen molar-refractivity contribution in [1.29, 1.82) is 0 Å². The normalized spacial score (nSPS) is 10.6. The summed E-state index contributed by atoms with van der Waals surface area (Å²) in [6.45, 7) is 0. The molecule has 0 saturated carbocycles. The number of nitrogens with one attached hydrogen (secondary N) is 2. The van der Waals surface area contributed by atoms with Crippen LogP contribution in [-0.4, -0.2) is 18.0 Å². The molecule has 0 aliphatic rings. The van der Waals surface area contributed by atoms with E-state index in [1.807, 2.05) is 24.4 Å². The van der Waals surface area contributed by atoms with Gasteiger partial charge in [-0.15, -0.1) is 0 Å². The van der Waals surface area contributed by atoms with E-state index in [2.05, 4.69) is 10.3 Å². The first-order chi connectivity index (χ1) is 10.2. The molecule has 1 heterocycles. The zero-order valence-corrected chi connectivity index (χ0v) is 12.1. The van der Waals surface area contributed by atoms with Crippen LogP contribution in [-0.2, 0) is 0 Å². The lowest BCUT2D eigenvalue weighted by Crippen LogP contribution is -2.11. The van der Waals surface area contributed by atoms with E-state index in [0.717, 1.165) is 10.9 Å². The predicted molar refractivity (Wildman–Crippen MR) is 84.3 cm³/mol. The summed E-state index contributed by atoms with van der Waals surface area (Å²) in [5, 5.41) is 4.33. The highest BCUT2D eigenvalue weighted by Crippen LogP contribution is 2.27. The molecule has 0 fully saturated rings. The molecular formula is C16H13ClN2O2. The zero-order chi connectivity index (χ0) is 14.8. The molecule has 3 aromatic rings. The minimum Gasteiger partial charge on any atom is -0.495 e. The molecule has 0 atom stereocenters. The number of hydrogen-bond acceptors (Lipinski definition) is 2. The molecule has 1 amide bonds. The smallest absolute Gasteiger partial charge is 0.255 e. The van der Waals surface area contributed by atoms with Gasteiger partial charge in [0.2, 0.25) is 0 Å². The summed E-state index contributed by atoms with van der Waals surface area (Å²) in [4.78, 5) is 15.4. The molecule has 0 bridgehead atoms. The van der Waals surface area contributed by atoms with Crippen molar-refractivity contribution in [3.8, 4) is 5.75 Å². The number of rotatable bonds is 3. The molecule has 21 heavy (non-hydrogen) atoms. The Morgan fingerprint density at radius 2 is 2.05 bits per heavy atom. The number of carbonyl (C=O) groups excluding carboxylic acids is 1. The molecule has 0 aliphatic carbocycles. The molecule has 0 radical (unpaired) electrons. The average Bonchev–Trinajstić information content (AvgIpc) is 2.96. The van der Waals surface area contributed by atoms with E-state index in [1.54, 1.807) is 24.3 Å². The number of benzene rings is 2. The maximum Gasteiger partial charge on any atom is 0.255 e. The Labute approximate surface area is 126 Å². The van der Waals surface area contributed by atoms with Crippen molar-refractivity contribution in [3.05, 3.63) is 59.2 Å². The molecule has 5 heteroatoms. The molecule has 0 saturated heterocycles. The first-order valence-corrected chi connectivity index (χ1v) is 6.77. The van der Waals surface area contributed by atoms with Crippen LogP contribution < -0.4 is 10.1 Å². The van der Waals surface area contributed by atoms with E-state index in [0.29, 0.717) is 22.0 Å². The lowest BCUT2D eigenvalue weighted by Gasteiger charge is -2.08. The third kappa shape index (κ3) is 2.71. The van der Waals surface area contributed by atoms with E-state index in [-0.39, 0.29) is 5.91 Å². The van der Waals surface area contributed by atoms with Gasteiger partial charge in [0.15, 0.2) is 0 Å². The summed E-state index contributed by atoms with van der Waals surface area (Å²) in [6, 6.07) is 12.5. The molecule has 0 aliphatic heterocycles. The quantitative estimate of drug-likeness (QED) is 0.765. The minimum atomic E-state index is -0.178. The Morgan fingerprint density at radius 1 is 1.19 bits per heavy atom. The van der Waals surface area contributed by atoms with Gasteiger partial charge in [-0.25, -0.2) is 0 Å². The van der Waals surface area contributed by atoms with Crippen LogP contribution in [0.1, 0.15) is 10.4 Å². The molecule has 2 N–H and O–H groups in total. The molecule has 4 nitrogen and oxygen atoms in total. The number of anilines is 1. The molecule has 2 aromatic carbocycles. The van der Waals surface area contributed by atoms with Crippen LogP contribution in [0.4, 0.5) is 5.69 Å². The van der Waals surface area contributed by atoms with Crippen molar-refractivity contribution in [2.45, 2.75) is 0 Å². The fraction of sp³-hybridized carbons (Fsp3) is 0.0625. The number of hydrogen-bond donors (Lipinski definition) is 2. The van der Waals surface area contributed by atoms with Gasteiger partial charge in [-0.1, -0.05) is 11.6 Å². The van der Waals surface area contributed by atoms with Gasteiger partial charge in [0.05, 0.1) is 12.1 Å². The Kier molecular flexibility index (Phi) is 3.54. The van der Waals surface area contributed by atoms with Crippen LogP contribution in [0.3, 0.4) is 0 Å². The third-order valence-electron chi connectivity index (χ3n) is 3.22. The molecule has 106 valence electrons. The van der Waals surface area contributed by atoms with Crippen molar-refractivity contribution < 1.29 is 9.53 Å². The molecule has 0 spiro atoms. The number of ether oxygens (including phenoxy) is 1. The Bertz CT molecular complexity index is 811. The van der Waals surface area contributed by atoms with Crippen LogP contribution in [0.5, 0.6) is 5.75 Å². The highest BCUT2D eigenvalue weighted by atomic mass is 35.5. The lowest BCUT2D eigenvalue weighted by atomic mass is 10.1. The fourth-order valence-corrected chi connectivity index (χ4v) is 2.33. The van der Waals surface area contributed by atoms with E-state index < -0.39 is 0 Å². The fourth-order valence-electron chi connectivity index (χ4n) is 2.14. The van der Waals surface area contributed by atoms with E-state index in [4.69, 9.17) is 16.3 Å². The minimum absolute atomic E-state index is 0.178. The van der Waals surface area contributed by atoms with Crippen molar-refractivity contribution in [3.63, 3.8) is 0 Å². The van der Waals surface area contributed by atoms with Gasteiger partial charge >= 0.3 is 0 Å². The number of amides is 1. The number of carbonyl (C=O) groups is 1. The first-order valence-electron chi connectivity index (χ1n) is 6.39. The van der Waals surface area contributed by atoms with Crippen LogP contribution in [0.25, 0.3) is 10.9 Å². The Balaban J connectivity index is 1.85. The van der Waals surface area contributed by atoms with Crippen molar-refractivity contribution in [2.75, 3.05) is 12.4 Å². The maximum absolute atomic E-state index is 12.3. The molecule has 3 rings (SSSR count). The second-order valence-electron chi connectivity index (χ2n) is 4.58. The predicted octanol–water partition coefficient (Wildman–Crippen LogP) is 4.08. The Hall–Kier alpha value is -2.46. The largest absolute Gasteiger partial charge is 0.495 e. The SMILES string of the molecule is COc1cc(NC(=O)c2ccc3[nH]ccc3c2)ccc1Cl. The number of aromatic amines is 1. The van der Waals surface area contributed by atoms with Gasteiger partial charge in [0.25, 0.3) is 5.91 Å². The van der Waals surface area contributed by atoms with Crippen molar-refractivity contribution in [1.82, 2.24) is 4.98 Å². The molecule has 1 aromatic heterocycles. The second-order valence-corrected chi connectivity index (χ2v) is 4.99. The van der Waals surface area contributed by atoms with Crippen molar-refractivity contribution >= 4 is 34.1 Å². The van der Waals surface area contributed by atoms with Crippen LogP contribution >= 0.6 is 11.6 Å². The van der Waals surface area contributed by atoms with E-state index in [1.165, 1.54) is 7.11 Å². The van der Waals surface area contributed by atoms with Gasteiger partial charge < -0.3 is 15.0 Å². The summed E-state index contributed by atoms with van der Waals surface area (Å²) in [5.41, 5.74) is 2.23. The van der Waals surface area contributed by atoms with Crippen molar-refractivity contribution in [2.24, 2.45) is 0 Å². The first kappa shape index (κ1) is 13.5. The van der Waals surface area contributed by atoms with Gasteiger partial charge in [-0.2, -0.15) is 0 Å². The van der Waals surface area contributed by atoms with Gasteiger partial charge in [0, 0.05) is 34.4 Å². The number of methoxy groups -OCH3 is 1. The molecule has 0 unspecified atom stereocenters. The number of halogens is 1. The van der Waals surface area contributed by atoms with E-state index >= 15 is 0 Å². The zero-order valence-electron chi connectivity index (χ0n) is 11.3. The average molecular weight is 301 g/mol. The highest BCUT2D eigenvalue weighted by molar-refractivity contribution is 6.32. The second kappa shape index (κ2) is 5.50. The number of fused-ring (bicyclic) bond motifs is 1. The lowest BCUT2D eigenvalue weighted by molar-refractivity contribution is 0.102. The molecular weight excluding hydrogens is 288 g/mol. The van der Waals surface area contributed by atoms with Crippen LogP contribution in [0.2, 0.25) is 5.02 Å². The Morgan fingerprint density at radius 3 is 2.86 bits per heavy atom. The number of aromatic nitrogens is 1. The summed E-state index contributed by atoms with van der Waals surface area (Å²) in [7, 11) is 1.53. The van der Waals surface area contributed by atoms with Gasteiger partial charge in [0.1, 0.15) is 5.75 Å². The maximum atomic E-state index is 12.3. The third-order valence-corrected chi connectivity index (χ3v) is 3.54. The standard InChI is InChI=1S/C16H13ClN2O2/c1-21-15-9-12(3-4-13(15)17)19-16(20)11-2-5-14-10(8-11)6-7-18-14/h2-9,18H,1H3,(H,19,20). The van der Waals surface area contributed by atoms with E-state index in [9.17, 15) is 4.79 Å². The highest BCUT2D eigenvalue weighted by Gasteiger charge is 2.09. The summed E-state index contributed by atoms with van der Waals surface area (Å²) in [5.74, 6) is 0.345. The summed E-state index contributed by atoms with van der Waals surface area (Å²) in [6.07, 6.45) is 1.84. The number of H-pyrrole nitrogens is 1. The topological polar surface area (TPSA) is 54.1 Å². The van der Waals surface area contributed by atoms with Crippen LogP contribution in [0, 0.1) is 0 Å². The monoisotopic (exact) mass is 300 g/mol. The summed E-state index contributed by atoms with van der Waals surface area (Å²) < 4.78 is 5.13. The van der Waals surface area contributed by atoms with Gasteiger partial charge in [-0.05, 0) is 36.4 Å².